The van der Waals surface area contributed by atoms with Gasteiger partial charge in [0.05, 0.1) is 0 Å². The molecule has 0 aliphatic carbocycles. The molecule has 0 saturated heterocycles. The van der Waals surface area contributed by atoms with Gasteiger partial charge in [0.1, 0.15) is 11.5 Å². The molecule has 3 nitrogen and oxygen atoms in total. The minimum Gasteiger partial charge on any atom is -0.507 e. The number of fused-ring (bicyclic) bond motifs is 1. The first-order chi connectivity index (χ1) is 7.31. The van der Waals surface area contributed by atoms with Crippen LogP contribution in [0, 0.1) is 0 Å². The molecular formula is C12H12O3. The zero-order valence-electron chi connectivity index (χ0n) is 8.43. The monoisotopic (exact) mass is 204 g/mol. The lowest BCUT2D eigenvalue weighted by molar-refractivity contribution is 0.0511. The smallest absolute Gasteiger partial charge is 0.188 e. The second-order valence-electron chi connectivity index (χ2n) is 3.21. The van der Waals surface area contributed by atoms with Crippen molar-refractivity contribution in [2.45, 2.75) is 0 Å². The van der Waals surface area contributed by atoms with E-state index in [1.165, 1.54) is 0 Å². The molecular weight excluding hydrogens is 192 g/mol. The highest BCUT2D eigenvalue weighted by atomic mass is 16.7. The number of ether oxygens (including phenoxy) is 2. The van der Waals surface area contributed by atoms with Crippen LogP contribution < -0.4 is 4.74 Å². The first kappa shape index (κ1) is 9.80. The van der Waals surface area contributed by atoms with E-state index in [-0.39, 0.29) is 12.5 Å². The van der Waals surface area contributed by atoms with Crippen molar-refractivity contribution in [2.75, 3.05) is 13.9 Å². The normalized spacial score (nSPS) is 10.5. The van der Waals surface area contributed by atoms with Crippen LogP contribution in [0.1, 0.15) is 0 Å². The molecule has 0 saturated carbocycles. The van der Waals surface area contributed by atoms with Gasteiger partial charge < -0.3 is 14.6 Å². The first-order valence-corrected chi connectivity index (χ1v) is 4.65. The van der Waals surface area contributed by atoms with Crippen molar-refractivity contribution in [3.63, 3.8) is 0 Å². The van der Waals surface area contributed by atoms with Crippen molar-refractivity contribution in [1.29, 1.82) is 0 Å². The largest absolute Gasteiger partial charge is 0.507 e. The SMILES string of the molecule is COCOc1cc(O)c2ccccc2c1. The minimum atomic E-state index is 0.178. The maximum absolute atomic E-state index is 9.73. The Morgan fingerprint density at radius 1 is 1.20 bits per heavy atom. The van der Waals surface area contributed by atoms with E-state index < -0.39 is 0 Å². The van der Waals surface area contributed by atoms with Crippen LogP contribution in [0.4, 0.5) is 0 Å². The summed E-state index contributed by atoms with van der Waals surface area (Å²) < 4.78 is 10.1. The van der Waals surface area contributed by atoms with Gasteiger partial charge in [-0.15, -0.1) is 0 Å². The van der Waals surface area contributed by atoms with Crippen molar-refractivity contribution in [3.05, 3.63) is 36.4 Å². The summed E-state index contributed by atoms with van der Waals surface area (Å²) >= 11 is 0. The van der Waals surface area contributed by atoms with Gasteiger partial charge in [0.2, 0.25) is 0 Å². The number of hydrogen-bond acceptors (Lipinski definition) is 3. The highest BCUT2D eigenvalue weighted by Gasteiger charge is 2.02. The molecule has 2 aromatic rings. The zero-order valence-corrected chi connectivity index (χ0v) is 8.43. The number of hydrogen-bond donors (Lipinski definition) is 1. The Hall–Kier alpha value is -1.74. The third-order valence-electron chi connectivity index (χ3n) is 2.16. The molecule has 0 radical (unpaired) electrons. The molecule has 78 valence electrons. The summed E-state index contributed by atoms with van der Waals surface area (Å²) in [5, 5.41) is 11.5. The van der Waals surface area contributed by atoms with E-state index in [9.17, 15) is 5.11 Å². The van der Waals surface area contributed by atoms with Crippen LogP contribution in [0.3, 0.4) is 0 Å². The highest BCUT2D eigenvalue weighted by Crippen LogP contribution is 2.29. The first-order valence-electron chi connectivity index (χ1n) is 4.65. The van der Waals surface area contributed by atoms with Crippen LogP contribution in [0.5, 0.6) is 11.5 Å². The Morgan fingerprint density at radius 2 is 2.00 bits per heavy atom. The van der Waals surface area contributed by atoms with Gasteiger partial charge in [0.25, 0.3) is 0 Å². The number of phenolic OH excluding ortho intramolecular Hbond substituents is 1. The van der Waals surface area contributed by atoms with Gasteiger partial charge >= 0.3 is 0 Å². The number of phenols is 1. The average molecular weight is 204 g/mol. The van der Waals surface area contributed by atoms with Crippen molar-refractivity contribution in [3.8, 4) is 11.5 Å². The van der Waals surface area contributed by atoms with Crippen LogP contribution in [0.2, 0.25) is 0 Å². The number of aromatic hydroxyl groups is 1. The maximum Gasteiger partial charge on any atom is 0.188 e. The predicted octanol–water partition coefficient (Wildman–Crippen LogP) is 2.53. The molecule has 0 amide bonds. The van der Waals surface area contributed by atoms with E-state index in [4.69, 9.17) is 9.47 Å². The molecule has 0 heterocycles. The van der Waals surface area contributed by atoms with Crippen molar-refractivity contribution in [2.24, 2.45) is 0 Å². The quantitative estimate of drug-likeness (QED) is 0.781. The summed E-state index contributed by atoms with van der Waals surface area (Å²) in [6, 6.07) is 11.1. The lowest BCUT2D eigenvalue weighted by Crippen LogP contribution is -1.98. The molecule has 0 bridgehead atoms. The van der Waals surface area contributed by atoms with Gasteiger partial charge in [0, 0.05) is 18.6 Å². The second kappa shape index (κ2) is 4.19. The van der Waals surface area contributed by atoms with Crippen LogP contribution in [0.15, 0.2) is 36.4 Å². The summed E-state index contributed by atoms with van der Waals surface area (Å²) in [6.07, 6.45) is 0. The summed E-state index contributed by atoms with van der Waals surface area (Å²) in [5.41, 5.74) is 0. The number of methoxy groups -OCH3 is 1. The van der Waals surface area contributed by atoms with Gasteiger partial charge in [-0.1, -0.05) is 24.3 Å². The summed E-state index contributed by atoms with van der Waals surface area (Å²) in [4.78, 5) is 0. The van der Waals surface area contributed by atoms with Crippen molar-refractivity contribution >= 4 is 10.8 Å². The maximum atomic E-state index is 9.73. The molecule has 1 N–H and O–H groups in total. The fourth-order valence-corrected chi connectivity index (χ4v) is 1.47. The molecule has 0 unspecified atom stereocenters. The molecule has 0 spiro atoms. The fourth-order valence-electron chi connectivity index (χ4n) is 1.47. The number of benzene rings is 2. The fraction of sp³-hybridized carbons (Fsp3) is 0.167. The third-order valence-corrected chi connectivity index (χ3v) is 2.16. The topological polar surface area (TPSA) is 38.7 Å². The van der Waals surface area contributed by atoms with Crippen molar-refractivity contribution < 1.29 is 14.6 Å². The molecule has 0 fully saturated rings. The molecule has 15 heavy (non-hydrogen) atoms. The zero-order chi connectivity index (χ0) is 10.7. The van der Waals surface area contributed by atoms with Gasteiger partial charge in [0.15, 0.2) is 6.79 Å². The molecule has 0 aromatic heterocycles. The summed E-state index contributed by atoms with van der Waals surface area (Å²) in [7, 11) is 1.56. The highest BCUT2D eigenvalue weighted by molar-refractivity contribution is 5.89. The van der Waals surface area contributed by atoms with Gasteiger partial charge in [-0.05, 0) is 11.5 Å². The number of rotatable bonds is 3. The van der Waals surface area contributed by atoms with Gasteiger partial charge in [-0.25, -0.2) is 0 Å². The Kier molecular flexibility index (Phi) is 2.74. The summed E-state index contributed by atoms with van der Waals surface area (Å²) in [6.45, 7) is 0.178. The van der Waals surface area contributed by atoms with Crippen LogP contribution in [-0.2, 0) is 4.74 Å². The van der Waals surface area contributed by atoms with E-state index >= 15 is 0 Å². The molecule has 0 atom stereocenters. The Balaban J connectivity index is 2.43. The van der Waals surface area contributed by atoms with E-state index in [0.717, 1.165) is 10.8 Å². The average Bonchev–Trinajstić information content (AvgIpc) is 2.26. The van der Waals surface area contributed by atoms with E-state index in [2.05, 4.69) is 0 Å². The van der Waals surface area contributed by atoms with Crippen LogP contribution in [-0.4, -0.2) is 19.0 Å². The second-order valence-corrected chi connectivity index (χ2v) is 3.21. The lowest BCUT2D eigenvalue weighted by atomic mass is 10.1. The molecule has 0 aliphatic rings. The molecule has 2 aromatic carbocycles. The standard InChI is InChI=1S/C12H12O3/c1-14-8-15-10-6-9-4-2-3-5-11(9)12(13)7-10/h2-7,13H,8H2,1H3. The Labute approximate surface area is 87.9 Å². The minimum absolute atomic E-state index is 0.178. The lowest BCUT2D eigenvalue weighted by Gasteiger charge is -2.07. The third kappa shape index (κ3) is 2.02. The molecule has 0 aliphatic heterocycles. The van der Waals surface area contributed by atoms with Gasteiger partial charge in [-0.3, -0.25) is 0 Å². The van der Waals surface area contributed by atoms with E-state index in [1.54, 1.807) is 13.2 Å². The van der Waals surface area contributed by atoms with E-state index in [0.29, 0.717) is 5.75 Å². The van der Waals surface area contributed by atoms with Crippen LogP contribution in [0.25, 0.3) is 10.8 Å². The Morgan fingerprint density at radius 3 is 2.80 bits per heavy atom. The van der Waals surface area contributed by atoms with Crippen LogP contribution >= 0.6 is 0 Å². The molecule has 2 rings (SSSR count). The summed E-state index contributed by atoms with van der Waals surface area (Å²) in [5.74, 6) is 0.826. The van der Waals surface area contributed by atoms with Crippen molar-refractivity contribution in [1.82, 2.24) is 0 Å². The Bertz CT molecular complexity index is 465. The predicted molar refractivity (Wildman–Crippen MR) is 58.1 cm³/mol. The van der Waals surface area contributed by atoms with E-state index in [1.807, 2.05) is 30.3 Å². The molecule has 3 heteroatoms. The van der Waals surface area contributed by atoms with Gasteiger partial charge in [-0.2, -0.15) is 0 Å².